The van der Waals surface area contributed by atoms with Crippen molar-refractivity contribution >= 4 is 11.9 Å². The van der Waals surface area contributed by atoms with Gasteiger partial charge in [0.15, 0.2) is 6.10 Å². The molecule has 0 saturated carbocycles. The minimum absolute atomic E-state index is 0.0723. The van der Waals surface area contributed by atoms with E-state index in [-0.39, 0.29) is 25.2 Å². The third-order valence-corrected chi connectivity index (χ3v) is 12.0. The van der Waals surface area contributed by atoms with E-state index < -0.39 is 6.10 Å². The third kappa shape index (κ3) is 52.2. The molecule has 0 N–H and O–H groups in total. The first kappa shape index (κ1) is 61.6. The van der Waals surface area contributed by atoms with Crippen molar-refractivity contribution in [1.29, 1.82) is 0 Å². The average molecular weight is 895 g/mol. The molecule has 0 aromatic heterocycles. The van der Waals surface area contributed by atoms with Crippen LogP contribution in [0.4, 0.5) is 0 Å². The van der Waals surface area contributed by atoms with Gasteiger partial charge in [0.1, 0.15) is 6.61 Å². The van der Waals surface area contributed by atoms with Crippen molar-refractivity contribution in [1.82, 2.24) is 0 Å². The average Bonchev–Trinajstić information content (AvgIpc) is 3.30. The Balaban J connectivity index is 4.29. The molecular formula is C59H106O5. The van der Waals surface area contributed by atoms with Gasteiger partial charge in [-0.3, -0.25) is 9.59 Å². The molecule has 1 unspecified atom stereocenters. The topological polar surface area (TPSA) is 61.8 Å². The fourth-order valence-corrected chi connectivity index (χ4v) is 7.87. The second-order valence-electron chi connectivity index (χ2n) is 18.4. The Morgan fingerprint density at radius 1 is 0.359 bits per heavy atom. The maximum absolute atomic E-state index is 12.8. The summed E-state index contributed by atoms with van der Waals surface area (Å²) >= 11 is 0. The van der Waals surface area contributed by atoms with Crippen LogP contribution in [-0.4, -0.2) is 37.9 Å². The van der Waals surface area contributed by atoms with Crippen LogP contribution < -0.4 is 0 Å². The number of unbranched alkanes of at least 4 members (excludes halogenated alkanes) is 30. The van der Waals surface area contributed by atoms with Gasteiger partial charge < -0.3 is 14.2 Å². The summed E-state index contributed by atoms with van der Waals surface area (Å²) in [6, 6.07) is 0. The molecule has 0 fully saturated rings. The van der Waals surface area contributed by atoms with Crippen LogP contribution in [0.15, 0.2) is 60.8 Å². The summed E-state index contributed by atoms with van der Waals surface area (Å²) in [5, 5.41) is 0. The smallest absolute Gasteiger partial charge is 0.306 e. The van der Waals surface area contributed by atoms with Gasteiger partial charge in [0.25, 0.3) is 0 Å². The quantitative estimate of drug-likeness (QED) is 0.0346. The molecule has 0 amide bonds. The van der Waals surface area contributed by atoms with Crippen LogP contribution >= 0.6 is 0 Å². The van der Waals surface area contributed by atoms with Gasteiger partial charge in [-0.25, -0.2) is 0 Å². The monoisotopic (exact) mass is 895 g/mol. The standard InChI is InChI=1S/C59H106O5/c1-4-7-10-13-16-19-22-25-28-29-30-33-36-39-42-45-48-51-54-62-55-57(64-59(61)53-50-47-44-41-38-35-32-27-24-21-18-15-12-9-6-3)56-63-58(60)52-49-46-43-40-37-34-31-26-23-20-17-14-11-8-5-2/h8,11,17,20,25-28,31-32,57H,4-7,9-10,12-16,18-19,21-24,29-30,33-56H2,1-3H3/b11-8-,20-17-,28-25-,31-26-,32-27-. The molecule has 372 valence electrons. The summed E-state index contributed by atoms with van der Waals surface area (Å²) in [7, 11) is 0. The summed E-state index contributed by atoms with van der Waals surface area (Å²) in [5.74, 6) is -0.419. The lowest BCUT2D eigenvalue weighted by Crippen LogP contribution is -2.30. The van der Waals surface area contributed by atoms with Gasteiger partial charge in [0.05, 0.1) is 6.61 Å². The molecular weight excluding hydrogens is 789 g/mol. The van der Waals surface area contributed by atoms with Gasteiger partial charge in [-0.15, -0.1) is 0 Å². The Morgan fingerprint density at radius 2 is 0.703 bits per heavy atom. The summed E-state index contributed by atoms with van der Waals surface area (Å²) in [4.78, 5) is 25.5. The molecule has 0 heterocycles. The van der Waals surface area contributed by atoms with E-state index in [0.29, 0.717) is 19.4 Å². The Morgan fingerprint density at radius 3 is 1.14 bits per heavy atom. The third-order valence-electron chi connectivity index (χ3n) is 12.0. The Bertz CT molecular complexity index is 1100. The number of ether oxygens (including phenoxy) is 3. The first-order valence-electron chi connectivity index (χ1n) is 27.8. The van der Waals surface area contributed by atoms with Crippen LogP contribution in [0.1, 0.15) is 278 Å². The van der Waals surface area contributed by atoms with Gasteiger partial charge in [-0.05, 0) is 103 Å². The molecule has 0 rings (SSSR count). The van der Waals surface area contributed by atoms with E-state index in [4.69, 9.17) is 14.2 Å². The van der Waals surface area contributed by atoms with E-state index in [1.165, 1.54) is 161 Å². The first-order chi connectivity index (χ1) is 31.6. The van der Waals surface area contributed by atoms with E-state index in [0.717, 1.165) is 83.5 Å². The fourth-order valence-electron chi connectivity index (χ4n) is 7.87. The Hall–Kier alpha value is -2.40. The second-order valence-corrected chi connectivity index (χ2v) is 18.4. The molecule has 0 aliphatic carbocycles. The molecule has 5 nitrogen and oxygen atoms in total. The molecule has 1 atom stereocenters. The summed E-state index contributed by atoms with van der Waals surface area (Å²) in [6.07, 6.45) is 69.5. The molecule has 0 spiro atoms. The Kier molecular flexibility index (Phi) is 52.9. The zero-order valence-electron chi connectivity index (χ0n) is 42.8. The molecule has 64 heavy (non-hydrogen) atoms. The van der Waals surface area contributed by atoms with Gasteiger partial charge in [0, 0.05) is 19.4 Å². The zero-order chi connectivity index (χ0) is 46.3. The van der Waals surface area contributed by atoms with Crippen LogP contribution in [0, 0.1) is 0 Å². The van der Waals surface area contributed by atoms with Gasteiger partial charge in [0.2, 0.25) is 0 Å². The van der Waals surface area contributed by atoms with Crippen LogP contribution in [0.3, 0.4) is 0 Å². The Labute approximate surface area is 398 Å². The fraction of sp³-hybridized carbons (Fsp3) is 0.797. The number of carbonyl (C=O) groups excluding carboxylic acids is 2. The summed E-state index contributed by atoms with van der Waals surface area (Å²) < 4.78 is 17.4. The number of hydrogen-bond donors (Lipinski definition) is 0. The van der Waals surface area contributed by atoms with E-state index in [9.17, 15) is 9.59 Å². The summed E-state index contributed by atoms with van der Waals surface area (Å²) in [6.45, 7) is 7.71. The second kappa shape index (κ2) is 54.9. The maximum Gasteiger partial charge on any atom is 0.306 e. The molecule has 0 aliphatic heterocycles. The van der Waals surface area contributed by atoms with Crippen molar-refractivity contribution in [2.75, 3.05) is 19.8 Å². The van der Waals surface area contributed by atoms with E-state index >= 15 is 0 Å². The predicted octanol–water partition coefficient (Wildman–Crippen LogP) is 18.9. The lowest BCUT2D eigenvalue weighted by molar-refractivity contribution is -0.163. The molecule has 0 aromatic rings. The largest absolute Gasteiger partial charge is 0.462 e. The van der Waals surface area contributed by atoms with E-state index in [2.05, 4.69) is 81.5 Å². The van der Waals surface area contributed by atoms with Crippen molar-refractivity contribution in [3.63, 3.8) is 0 Å². The number of esters is 2. The van der Waals surface area contributed by atoms with Crippen molar-refractivity contribution in [2.24, 2.45) is 0 Å². The van der Waals surface area contributed by atoms with Gasteiger partial charge in [-0.1, -0.05) is 223 Å². The minimum atomic E-state index is -0.550. The van der Waals surface area contributed by atoms with Crippen LogP contribution in [-0.2, 0) is 23.8 Å². The molecule has 0 saturated heterocycles. The maximum atomic E-state index is 12.8. The van der Waals surface area contributed by atoms with E-state index in [1.54, 1.807) is 0 Å². The van der Waals surface area contributed by atoms with Crippen LogP contribution in [0.25, 0.3) is 0 Å². The minimum Gasteiger partial charge on any atom is -0.462 e. The zero-order valence-corrected chi connectivity index (χ0v) is 42.8. The highest BCUT2D eigenvalue weighted by Gasteiger charge is 2.17. The molecule has 0 aliphatic rings. The SMILES string of the molecule is CC/C=C\C/C=C\C/C=C\CCCCCCCC(=O)OCC(COCCCCCCCCCC/C=C\CCCCCCCC)OC(=O)CCCCCCC/C=C\CCCCCCCC. The van der Waals surface area contributed by atoms with E-state index in [1.807, 2.05) is 0 Å². The predicted molar refractivity (Wildman–Crippen MR) is 279 cm³/mol. The number of hydrogen-bond acceptors (Lipinski definition) is 5. The highest BCUT2D eigenvalue weighted by atomic mass is 16.6. The molecule has 0 aromatic carbocycles. The van der Waals surface area contributed by atoms with Crippen molar-refractivity contribution in [3.05, 3.63) is 60.8 Å². The molecule has 0 radical (unpaired) electrons. The number of rotatable bonds is 51. The van der Waals surface area contributed by atoms with Gasteiger partial charge in [-0.2, -0.15) is 0 Å². The number of carbonyl (C=O) groups is 2. The lowest BCUT2D eigenvalue weighted by atomic mass is 10.1. The highest BCUT2D eigenvalue weighted by Crippen LogP contribution is 2.14. The summed E-state index contributed by atoms with van der Waals surface area (Å²) in [5.41, 5.74) is 0. The molecule has 5 heteroatoms. The van der Waals surface area contributed by atoms with Crippen LogP contribution in [0.5, 0.6) is 0 Å². The van der Waals surface area contributed by atoms with Crippen molar-refractivity contribution in [3.8, 4) is 0 Å². The lowest BCUT2D eigenvalue weighted by Gasteiger charge is -2.18. The van der Waals surface area contributed by atoms with Gasteiger partial charge >= 0.3 is 11.9 Å². The highest BCUT2D eigenvalue weighted by molar-refractivity contribution is 5.70. The first-order valence-corrected chi connectivity index (χ1v) is 27.8. The van der Waals surface area contributed by atoms with Crippen molar-refractivity contribution < 1.29 is 23.8 Å². The van der Waals surface area contributed by atoms with Crippen LogP contribution in [0.2, 0.25) is 0 Å². The molecule has 0 bridgehead atoms. The normalized spacial score (nSPS) is 12.6. The van der Waals surface area contributed by atoms with Crippen molar-refractivity contribution in [2.45, 2.75) is 284 Å². The number of allylic oxidation sites excluding steroid dienone is 10.